The van der Waals surface area contributed by atoms with Gasteiger partial charge in [-0.1, -0.05) is 40.8 Å². The molecule has 4 aromatic rings. The van der Waals surface area contributed by atoms with E-state index in [1.54, 1.807) is 23.5 Å². The van der Waals surface area contributed by atoms with E-state index in [0.717, 1.165) is 65.6 Å². The topological polar surface area (TPSA) is 88.7 Å². The van der Waals surface area contributed by atoms with E-state index < -0.39 is 5.97 Å². The van der Waals surface area contributed by atoms with Gasteiger partial charge in [0.15, 0.2) is 5.13 Å². The molecular weight excluding hydrogens is 510 g/mol. The molecule has 3 heterocycles. The Hall–Kier alpha value is -3.39. The van der Waals surface area contributed by atoms with Crippen molar-refractivity contribution in [3.8, 4) is 17.0 Å². The van der Waals surface area contributed by atoms with E-state index >= 15 is 0 Å². The second-order valence-electron chi connectivity index (χ2n) is 11.2. The quantitative estimate of drug-likeness (QED) is 0.233. The summed E-state index contributed by atoms with van der Waals surface area (Å²) in [5.41, 5.74) is 5.74. The molecule has 1 saturated heterocycles. The lowest BCUT2D eigenvalue weighted by atomic mass is 9.89. The van der Waals surface area contributed by atoms with Gasteiger partial charge in [-0.05, 0) is 82.9 Å². The van der Waals surface area contributed by atoms with Crippen molar-refractivity contribution in [1.29, 1.82) is 0 Å². The summed E-state index contributed by atoms with van der Waals surface area (Å²) in [5.74, 6) is 1.88. The Morgan fingerprint density at radius 1 is 1.18 bits per heavy atom. The molecule has 7 nitrogen and oxygen atoms in total. The molecule has 2 fully saturated rings. The van der Waals surface area contributed by atoms with Crippen molar-refractivity contribution >= 4 is 32.7 Å². The molecule has 0 radical (unpaired) electrons. The molecule has 0 atom stereocenters. The highest BCUT2D eigenvalue weighted by molar-refractivity contribution is 7.22. The van der Waals surface area contributed by atoms with Crippen molar-refractivity contribution in [3.63, 3.8) is 0 Å². The zero-order valence-corrected chi connectivity index (χ0v) is 23.6. The number of aromatic carboxylic acids is 1. The number of thiazole rings is 1. The Bertz CT molecular complexity index is 1500. The number of carbonyl (C=O) groups is 1. The molecule has 0 spiro atoms. The first kappa shape index (κ1) is 25.9. The van der Waals surface area contributed by atoms with E-state index in [1.807, 2.05) is 13.8 Å². The van der Waals surface area contributed by atoms with Gasteiger partial charge in [0, 0.05) is 30.1 Å². The van der Waals surface area contributed by atoms with Crippen LogP contribution in [0.2, 0.25) is 0 Å². The van der Waals surface area contributed by atoms with Crippen LogP contribution in [0.4, 0.5) is 5.13 Å². The van der Waals surface area contributed by atoms with Crippen molar-refractivity contribution in [3.05, 3.63) is 58.8 Å². The van der Waals surface area contributed by atoms with E-state index in [-0.39, 0.29) is 11.7 Å². The highest BCUT2D eigenvalue weighted by atomic mass is 32.1. The SMILES string of the molecule is Cc1ccccc1-c1noc(C2CC2)c1CCC1CCN(c2nc3c(OC(C)C)cc(C(=O)O)cc3s2)CC1. The van der Waals surface area contributed by atoms with Gasteiger partial charge >= 0.3 is 5.97 Å². The largest absolute Gasteiger partial charge is 0.489 e. The Kier molecular flexibility index (Phi) is 7.06. The van der Waals surface area contributed by atoms with Crippen molar-refractivity contribution in [2.24, 2.45) is 5.92 Å². The van der Waals surface area contributed by atoms with Crippen LogP contribution in [0.1, 0.15) is 79.1 Å². The number of aromatic nitrogens is 2. The third-order valence-electron chi connectivity index (χ3n) is 7.91. The van der Waals surface area contributed by atoms with Crippen LogP contribution in [0.3, 0.4) is 0 Å². The molecule has 2 aromatic carbocycles. The van der Waals surface area contributed by atoms with E-state index in [0.29, 0.717) is 17.6 Å². The number of carboxylic acids is 1. The maximum Gasteiger partial charge on any atom is 0.335 e. The fourth-order valence-electron chi connectivity index (χ4n) is 5.63. The summed E-state index contributed by atoms with van der Waals surface area (Å²) in [6, 6.07) is 11.7. The summed E-state index contributed by atoms with van der Waals surface area (Å²) in [5, 5.41) is 15.1. The number of piperidine rings is 1. The van der Waals surface area contributed by atoms with E-state index in [4.69, 9.17) is 14.2 Å². The first-order valence-corrected chi connectivity index (χ1v) is 14.8. The van der Waals surface area contributed by atoms with Crippen molar-refractivity contribution in [2.45, 2.75) is 71.3 Å². The fraction of sp³-hybridized carbons (Fsp3) is 0.452. The number of carboxylic acid groups (broad SMARTS) is 1. The molecule has 8 heteroatoms. The number of ether oxygens (including phenoxy) is 1. The number of nitrogens with zero attached hydrogens (tertiary/aromatic N) is 3. The predicted molar refractivity (Wildman–Crippen MR) is 154 cm³/mol. The summed E-state index contributed by atoms with van der Waals surface area (Å²) in [6.07, 6.45) is 6.68. The second kappa shape index (κ2) is 10.6. The zero-order valence-electron chi connectivity index (χ0n) is 22.8. The van der Waals surface area contributed by atoms with Crippen LogP contribution < -0.4 is 9.64 Å². The fourth-order valence-corrected chi connectivity index (χ4v) is 6.71. The number of hydrogen-bond acceptors (Lipinski definition) is 7. The molecule has 1 saturated carbocycles. The van der Waals surface area contributed by atoms with Gasteiger partial charge in [0.2, 0.25) is 0 Å². The van der Waals surface area contributed by atoms with Gasteiger partial charge in [-0.15, -0.1) is 0 Å². The van der Waals surface area contributed by atoms with Crippen LogP contribution in [0, 0.1) is 12.8 Å². The lowest BCUT2D eigenvalue weighted by molar-refractivity contribution is 0.0696. The third-order valence-corrected chi connectivity index (χ3v) is 8.98. The average molecular weight is 546 g/mol. The average Bonchev–Trinajstić information content (AvgIpc) is 3.52. The molecule has 0 amide bonds. The Balaban J connectivity index is 1.15. The number of anilines is 1. The first-order chi connectivity index (χ1) is 18.9. The van der Waals surface area contributed by atoms with Crippen molar-refractivity contribution < 1.29 is 19.2 Å². The van der Waals surface area contributed by atoms with Crippen LogP contribution in [0.25, 0.3) is 21.5 Å². The smallest absolute Gasteiger partial charge is 0.335 e. The molecular formula is C31H35N3O4S. The minimum Gasteiger partial charge on any atom is -0.489 e. The number of benzene rings is 2. The van der Waals surface area contributed by atoms with Crippen molar-refractivity contribution in [2.75, 3.05) is 18.0 Å². The van der Waals surface area contributed by atoms with E-state index in [9.17, 15) is 9.90 Å². The van der Waals surface area contributed by atoms with Gasteiger partial charge in [-0.2, -0.15) is 0 Å². The molecule has 204 valence electrons. The highest BCUT2D eigenvalue weighted by Crippen LogP contribution is 2.45. The minimum atomic E-state index is -0.954. The van der Waals surface area contributed by atoms with Gasteiger partial charge in [-0.3, -0.25) is 0 Å². The summed E-state index contributed by atoms with van der Waals surface area (Å²) < 4.78 is 12.7. The van der Waals surface area contributed by atoms with Gasteiger partial charge in [0.25, 0.3) is 0 Å². The maximum atomic E-state index is 11.7. The predicted octanol–water partition coefficient (Wildman–Crippen LogP) is 7.47. The van der Waals surface area contributed by atoms with Gasteiger partial charge in [-0.25, -0.2) is 9.78 Å². The van der Waals surface area contributed by atoms with Gasteiger partial charge < -0.3 is 19.3 Å². The summed E-state index contributed by atoms with van der Waals surface area (Å²) in [4.78, 5) is 18.9. The first-order valence-electron chi connectivity index (χ1n) is 14.0. The molecule has 1 N–H and O–H groups in total. The minimum absolute atomic E-state index is 0.0599. The van der Waals surface area contributed by atoms with Crippen LogP contribution >= 0.6 is 11.3 Å². The van der Waals surface area contributed by atoms with Crippen LogP contribution in [0.5, 0.6) is 5.75 Å². The van der Waals surface area contributed by atoms with Crippen LogP contribution in [-0.2, 0) is 6.42 Å². The summed E-state index contributed by atoms with van der Waals surface area (Å²) in [7, 11) is 0. The number of rotatable bonds is 9. The monoisotopic (exact) mass is 545 g/mol. The summed E-state index contributed by atoms with van der Waals surface area (Å²) in [6.45, 7) is 7.91. The Morgan fingerprint density at radius 3 is 2.64 bits per heavy atom. The lowest BCUT2D eigenvalue weighted by Gasteiger charge is -2.31. The molecule has 39 heavy (non-hydrogen) atoms. The molecule has 2 aromatic heterocycles. The maximum absolute atomic E-state index is 11.7. The number of fused-ring (bicyclic) bond motifs is 1. The zero-order chi connectivity index (χ0) is 27.1. The third kappa shape index (κ3) is 5.39. The molecule has 1 aliphatic heterocycles. The van der Waals surface area contributed by atoms with Gasteiger partial charge in [0.05, 0.1) is 16.4 Å². The molecule has 2 aliphatic rings. The highest BCUT2D eigenvalue weighted by Gasteiger charge is 2.33. The molecule has 6 rings (SSSR count). The summed E-state index contributed by atoms with van der Waals surface area (Å²) >= 11 is 1.55. The second-order valence-corrected chi connectivity index (χ2v) is 12.2. The van der Waals surface area contributed by atoms with Crippen molar-refractivity contribution in [1.82, 2.24) is 10.1 Å². The standard InChI is InChI=1S/C31H35N3O4S/c1-18(2)37-25-16-22(30(35)36)17-26-28(25)32-31(39-26)34-14-12-20(13-15-34)8-11-24-27(23-7-5-4-6-19(23)3)33-38-29(24)21-9-10-21/h4-7,16-18,20-21H,8-15H2,1-3H3,(H,35,36). The Morgan fingerprint density at radius 2 is 1.95 bits per heavy atom. The number of aryl methyl sites for hydroxylation is 1. The molecule has 0 unspecified atom stereocenters. The van der Waals surface area contributed by atoms with E-state index in [1.165, 1.54) is 29.5 Å². The van der Waals surface area contributed by atoms with Crippen LogP contribution in [0.15, 0.2) is 40.9 Å². The van der Waals surface area contributed by atoms with E-state index in [2.05, 4.69) is 41.2 Å². The Labute approximate surface area is 232 Å². The van der Waals surface area contributed by atoms with Gasteiger partial charge in [0.1, 0.15) is 22.7 Å². The lowest BCUT2D eigenvalue weighted by Crippen LogP contribution is -2.33. The molecule has 0 bridgehead atoms. The van der Waals surface area contributed by atoms with Crippen LogP contribution in [-0.4, -0.2) is 40.4 Å². The number of hydrogen-bond donors (Lipinski definition) is 1. The molecule has 1 aliphatic carbocycles. The normalized spacial score (nSPS) is 16.4.